The molecule has 2 amide bonds. The summed E-state index contributed by atoms with van der Waals surface area (Å²) in [5.74, 6) is 0.903. The van der Waals surface area contributed by atoms with Crippen molar-refractivity contribution in [2.75, 3.05) is 57.4 Å². The van der Waals surface area contributed by atoms with Crippen molar-refractivity contribution in [3.05, 3.63) is 29.5 Å². The standard InChI is InChI=1S/C17H20ClN5O2/c18-13-1-2-14-15(11-13)19-12-20-16(14)21-3-5-22(6-4-21)17(24)23-7-9-25-10-8-23/h1-2,11-12H,3-10H2. The molecule has 3 heterocycles. The normalized spacial score (nSPS) is 18.7. The highest BCUT2D eigenvalue weighted by Crippen LogP contribution is 2.26. The number of amides is 2. The van der Waals surface area contributed by atoms with Crippen LogP contribution in [0.4, 0.5) is 10.6 Å². The van der Waals surface area contributed by atoms with Crippen LogP contribution in [-0.4, -0.2) is 78.3 Å². The highest BCUT2D eigenvalue weighted by molar-refractivity contribution is 6.31. The molecule has 0 spiro atoms. The van der Waals surface area contributed by atoms with Crippen LogP contribution in [0.1, 0.15) is 0 Å². The van der Waals surface area contributed by atoms with Crippen LogP contribution in [0.15, 0.2) is 24.5 Å². The highest BCUT2D eigenvalue weighted by Gasteiger charge is 2.27. The molecule has 0 N–H and O–H groups in total. The number of aromatic nitrogens is 2. The van der Waals surface area contributed by atoms with Crippen LogP contribution in [0.5, 0.6) is 0 Å². The summed E-state index contributed by atoms with van der Waals surface area (Å²) in [5, 5.41) is 1.65. The lowest BCUT2D eigenvalue weighted by Crippen LogP contribution is -2.55. The van der Waals surface area contributed by atoms with E-state index in [-0.39, 0.29) is 6.03 Å². The second-order valence-electron chi connectivity index (χ2n) is 6.21. The van der Waals surface area contributed by atoms with Gasteiger partial charge in [0.25, 0.3) is 0 Å². The summed E-state index contributed by atoms with van der Waals surface area (Å²) in [6, 6.07) is 5.77. The van der Waals surface area contributed by atoms with Gasteiger partial charge in [-0.15, -0.1) is 0 Å². The summed E-state index contributed by atoms with van der Waals surface area (Å²) < 4.78 is 5.32. The van der Waals surface area contributed by atoms with E-state index in [1.165, 1.54) is 0 Å². The van der Waals surface area contributed by atoms with Crippen LogP contribution < -0.4 is 4.90 Å². The summed E-state index contributed by atoms with van der Waals surface area (Å²) in [4.78, 5) is 27.3. The number of anilines is 1. The molecule has 0 unspecified atom stereocenters. The van der Waals surface area contributed by atoms with Gasteiger partial charge < -0.3 is 19.4 Å². The highest BCUT2D eigenvalue weighted by atomic mass is 35.5. The zero-order chi connectivity index (χ0) is 17.2. The Balaban J connectivity index is 1.46. The number of urea groups is 1. The van der Waals surface area contributed by atoms with Gasteiger partial charge in [-0.05, 0) is 18.2 Å². The van der Waals surface area contributed by atoms with Crippen molar-refractivity contribution in [3.63, 3.8) is 0 Å². The van der Waals surface area contributed by atoms with Gasteiger partial charge in [-0.25, -0.2) is 14.8 Å². The van der Waals surface area contributed by atoms with Crippen molar-refractivity contribution in [1.82, 2.24) is 19.8 Å². The van der Waals surface area contributed by atoms with Gasteiger partial charge in [-0.3, -0.25) is 0 Å². The molecule has 1 aromatic carbocycles. The first kappa shape index (κ1) is 16.4. The molecular weight excluding hydrogens is 342 g/mol. The Morgan fingerprint density at radius 2 is 1.72 bits per heavy atom. The van der Waals surface area contributed by atoms with Crippen molar-refractivity contribution >= 4 is 34.4 Å². The number of hydrogen-bond donors (Lipinski definition) is 0. The van der Waals surface area contributed by atoms with Crippen LogP contribution in [0.2, 0.25) is 5.02 Å². The third-order valence-electron chi connectivity index (χ3n) is 4.71. The molecule has 0 bridgehead atoms. The van der Waals surface area contributed by atoms with Gasteiger partial charge in [0.2, 0.25) is 0 Å². The quantitative estimate of drug-likeness (QED) is 0.775. The average Bonchev–Trinajstić information content (AvgIpc) is 2.67. The first-order valence-electron chi connectivity index (χ1n) is 8.49. The van der Waals surface area contributed by atoms with Crippen molar-refractivity contribution in [2.24, 2.45) is 0 Å². The molecule has 2 fully saturated rings. The zero-order valence-electron chi connectivity index (χ0n) is 13.9. The number of carbonyl (C=O) groups excluding carboxylic acids is 1. The van der Waals surface area contributed by atoms with Crippen LogP contribution >= 0.6 is 11.6 Å². The topological polar surface area (TPSA) is 61.8 Å². The van der Waals surface area contributed by atoms with E-state index in [0.717, 1.165) is 29.8 Å². The molecule has 4 rings (SSSR count). The van der Waals surface area contributed by atoms with Crippen LogP contribution in [0.25, 0.3) is 10.9 Å². The molecule has 2 aliphatic heterocycles. The molecule has 2 aromatic rings. The van der Waals surface area contributed by atoms with E-state index in [0.29, 0.717) is 44.4 Å². The molecule has 25 heavy (non-hydrogen) atoms. The molecule has 2 aliphatic rings. The number of halogens is 1. The van der Waals surface area contributed by atoms with Crippen LogP contribution in [0, 0.1) is 0 Å². The first-order chi connectivity index (χ1) is 12.2. The fourth-order valence-electron chi connectivity index (χ4n) is 3.33. The lowest BCUT2D eigenvalue weighted by Gasteiger charge is -2.39. The minimum atomic E-state index is 0.113. The number of nitrogens with zero attached hydrogens (tertiary/aromatic N) is 5. The summed E-state index contributed by atoms with van der Waals surface area (Å²) in [7, 11) is 0. The number of morpholine rings is 1. The molecule has 2 saturated heterocycles. The average molecular weight is 362 g/mol. The molecule has 1 aromatic heterocycles. The zero-order valence-corrected chi connectivity index (χ0v) is 14.7. The number of piperazine rings is 1. The Bertz CT molecular complexity index is 773. The van der Waals surface area contributed by atoms with E-state index >= 15 is 0 Å². The third kappa shape index (κ3) is 3.34. The second-order valence-corrected chi connectivity index (χ2v) is 6.65. The lowest BCUT2D eigenvalue weighted by atomic mass is 10.2. The Morgan fingerprint density at radius 3 is 2.48 bits per heavy atom. The Kier molecular flexibility index (Phi) is 4.59. The van der Waals surface area contributed by atoms with E-state index in [9.17, 15) is 4.79 Å². The van der Waals surface area contributed by atoms with Gasteiger partial charge in [-0.1, -0.05) is 11.6 Å². The molecule has 0 saturated carbocycles. The fraction of sp³-hybridized carbons (Fsp3) is 0.471. The van der Waals surface area contributed by atoms with Gasteiger partial charge in [0.05, 0.1) is 18.7 Å². The van der Waals surface area contributed by atoms with Gasteiger partial charge in [0, 0.05) is 49.7 Å². The molecule has 0 aliphatic carbocycles. The van der Waals surface area contributed by atoms with Crippen LogP contribution in [0.3, 0.4) is 0 Å². The smallest absolute Gasteiger partial charge is 0.320 e. The van der Waals surface area contributed by atoms with Gasteiger partial charge in [-0.2, -0.15) is 0 Å². The second kappa shape index (κ2) is 7.01. The van der Waals surface area contributed by atoms with E-state index < -0.39 is 0 Å². The Hall–Kier alpha value is -2.12. The van der Waals surface area contributed by atoms with E-state index in [1.54, 1.807) is 6.33 Å². The van der Waals surface area contributed by atoms with Crippen LogP contribution in [-0.2, 0) is 4.74 Å². The minimum Gasteiger partial charge on any atom is -0.378 e. The van der Waals surface area contributed by atoms with Crippen molar-refractivity contribution in [3.8, 4) is 0 Å². The molecular formula is C17H20ClN5O2. The molecule has 0 radical (unpaired) electrons. The number of carbonyl (C=O) groups is 1. The maximum absolute atomic E-state index is 12.6. The number of benzene rings is 1. The molecule has 7 nitrogen and oxygen atoms in total. The monoisotopic (exact) mass is 361 g/mol. The van der Waals surface area contributed by atoms with Gasteiger partial charge in [0.1, 0.15) is 12.1 Å². The molecule has 0 atom stereocenters. The van der Waals surface area contributed by atoms with Gasteiger partial charge in [0.15, 0.2) is 0 Å². The number of fused-ring (bicyclic) bond motifs is 1. The molecule has 132 valence electrons. The number of hydrogen-bond acceptors (Lipinski definition) is 5. The van der Waals surface area contributed by atoms with Crippen molar-refractivity contribution in [1.29, 1.82) is 0 Å². The molecule has 8 heteroatoms. The Morgan fingerprint density at radius 1 is 1.00 bits per heavy atom. The Labute approximate surface area is 151 Å². The largest absolute Gasteiger partial charge is 0.378 e. The predicted molar refractivity (Wildman–Crippen MR) is 96.1 cm³/mol. The summed E-state index contributed by atoms with van der Waals surface area (Å²) >= 11 is 6.05. The summed E-state index contributed by atoms with van der Waals surface area (Å²) in [5.41, 5.74) is 0.837. The van der Waals surface area contributed by atoms with Gasteiger partial charge >= 0.3 is 6.03 Å². The third-order valence-corrected chi connectivity index (χ3v) is 4.94. The minimum absolute atomic E-state index is 0.113. The van der Waals surface area contributed by atoms with Crippen molar-refractivity contribution < 1.29 is 9.53 Å². The fourth-order valence-corrected chi connectivity index (χ4v) is 3.50. The van der Waals surface area contributed by atoms with E-state index in [1.807, 2.05) is 28.0 Å². The maximum atomic E-state index is 12.6. The number of rotatable bonds is 1. The first-order valence-corrected chi connectivity index (χ1v) is 8.87. The maximum Gasteiger partial charge on any atom is 0.320 e. The summed E-state index contributed by atoms with van der Waals surface area (Å²) in [6.45, 7) is 5.50. The lowest BCUT2D eigenvalue weighted by molar-refractivity contribution is 0.0428. The summed E-state index contributed by atoms with van der Waals surface area (Å²) in [6.07, 6.45) is 1.57. The predicted octanol–water partition coefficient (Wildman–Crippen LogP) is 1.86. The van der Waals surface area contributed by atoms with E-state index in [4.69, 9.17) is 16.3 Å². The van der Waals surface area contributed by atoms with Crippen molar-refractivity contribution in [2.45, 2.75) is 0 Å². The number of ether oxygens (including phenoxy) is 1. The SMILES string of the molecule is O=C(N1CCOCC1)N1CCN(c2ncnc3cc(Cl)ccc23)CC1. The van der Waals surface area contributed by atoms with E-state index in [2.05, 4.69) is 14.9 Å².